The maximum Gasteiger partial charge on any atom is 0.335 e. The molecule has 1 spiro atoms. The van der Waals surface area contributed by atoms with Gasteiger partial charge in [0.25, 0.3) is 0 Å². The van der Waals surface area contributed by atoms with Crippen molar-refractivity contribution in [3.63, 3.8) is 0 Å². The number of aliphatic hydroxyl groups is 3. The minimum Gasteiger partial charge on any atom is -0.493 e. The second kappa shape index (κ2) is 8.23. The minimum atomic E-state index is -1.76. The van der Waals surface area contributed by atoms with E-state index in [2.05, 4.69) is 24.1 Å². The second-order valence-electron chi connectivity index (χ2n) is 9.27. The fourth-order valence-corrected chi connectivity index (χ4v) is 5.50. The Labute approximate surface area is 190 Å². The summed E-state index contributed by atoms with van der Waals surface area (Å²) in [6.45, 7) is 1.68. The van der Waals surface area contributed by atoms with E-state index in [1.165, 1.54) is 5.56 Å². The highest BCUT2D eigenvalue weighted by molar-refractivity contribution is 5.73. The Kier molecular flexibility index (Phi) is 5.63. The van der Waals surface area contributed by atoms with Crippen molar-refractivity contribution in [2.75, 3.05) is 20.7 Å². The molecule has 4 aliphatic rings. The molecule has 0 aromatic heterocycles. The van der Waals surface area contributed by atoms with E-state index in [9.17, 15) is 25.2 Å². The lowest BCUT2D eigenvalue weighted by atomic mass is 9.69. The molecule has 10 heteroatoms. The molecule has 1 saturated heterocycles. The quantitative estimate of drug-likeness (QED) is 0.443. The van der Waals surface area contributed by atoms with E-state index in [-0.39, 0.29) is 11.5 Å². The van der Waals surface area contributed by atoms with E-state index in [0.717, 1.165) is 30.8 Å². The molecular weight excluding hydrogens is 434 g/mol. The number of benzene rings is 1. The van der Waals surface area contributed by atoms with Gasteiger partial charge < -0.3 is 44.3 Å². The molecular formula is C23H29NO9. The molecule has 5 unspecified atom stereocenters. The first-order chi connectivity index (χ1) is 15.7. The lowest BCUT2D eigenvalue weighted by molar-refractivity contribution is -0.302. The van der Waals surface area contributed by atoms with Crippen molar-refractivity contribution < 1.29 is 44.2 Å². The van der Waals surface area contributed by atoms with Gasteiger partial charge in [-0.2, -0.15) is 0 Å². The second-order valence-corrected chi connectivity index (χ2v) is 9.27. The van der Waals surface area contributed by atoms with Crippen LogP contribution in [0.4, 0.5) is 0 Å². The molecule has 33 heavy (non-hydrogen) atoms. The van der Waals surface area contributed by atoms with Crippen molar-refractivity contribution in [2.45, 2.75) is 67.7 Å². The highest BCUT2D eigenvalue weighted by Gasteiger charge is 2.54. The van der Waals surface area contributed by atoms with Crippen LogP contribution in [0, 0.1) is 0 Å². The van der Waals surface area contributed by atoms with Crippen molar-refractivity contribution in [1.29, 1.82) is 0 Å². The number of nitrogens with zero attached hydrogens (tertiary/aromatic N) is 1. The van der Waals surface area contributed by atoms with Crippen LogP contribution < -0.4 is 9.47 Å². The SMILES string of the molecule is COc1ccc2c3c1O[C@H]1C[C@@H](OC4OC(C(=O)O)C(O)C(O)C4O)C=C[C@@]31CCN(C)C2. The summed E-state index contributed by atoms with van der Waals surface area (Å²) >= 11 is 0. The van der Waals surface area contributed by atoms with Crippen molar-refractivity contribution >= 4 is 5.97 Å². The highest BCUT2D eigenvalue weighted by atomic mass is 16.7. The lowest BCUT2D eigenvalue weighted by Gasteiger charge is -2.42. The Hall–Kier alpha value is -2.21. The topological polar surface area (TPSA) is 138 Å². The monoisotopic (exact) mass is 463 g/mol. The molecule has 8 atom stereocenters. The number of ether oxygens (including phenoxy) is 4. The fourth-order valence-electron chi connectivity index (χ4n) is 5.50. The largest absolute Gasteiger partial charge is 0.493 e. The third-order valence-corrected chi connectivity index (χ3v) is 7.25. The number of aliphatic hydroxyl groups excluding tert-OH is 3. The number of hydrogen-bond donors (Lipinski definition) is 4. The number of carbonyl (C=O) groups is 1. The molecule has 3 heterocycles. The predicted molar refractivity (Wildman–Crippen MR) is 113 cm³/mol. The predicted octanol–water partition coefficient (Wildman–Crippen LogP) is -0.233. The average Bonchev–Trinajstić information content (AvgIpc) is 3.05. The Balaban J connectivity index is 1.42. The Morgan fingerprint density at radius 3 is 2.73 bits per heavy atom. The van der Waals surface area contributed by atoms with Crippen molar-refractivity contribution in [3.8, 4) is 11.5 Å². The maximum atomic E-state index is 11.4. The van der Waals surface area contributed by atoms with Crippen LogP contribution in [0.25, 0.3) is 0 Å². The molecule has 1 aromatic carbocycles. The standard InChI is InChI=1S/C23H29NO9/c1-24-8-7-23-6-5-12(31-22-18(27)16(25)17(26)20(33-22)21(28)29)9-14(23)32-19-13(30-2)4-3-11(10-24)15(19)23/h3-6,12,14,16-18,20,22,25-27H,7-10H2,1-2H3,(H,28,29)/t12-,14-,16?,17?,18?,20?,22?,23-/m0/s1. The molecule has 5 rings (SSSR count). The molecule has 180 valence electrons. The molecule has 0 amide bonds. The van der Waals surface area contributed by atoms with Gasteiger partial charge in [0.05, 0.1) is 18.6 Å². The number of hydrogen-bond acceptors (Lipinski definition) is 9. The third kappa shape index (κ3) is 3.52. The molecule has 1 fully saturated rings. The number of methoxy groups -OCH3 is 1. The summed E-state index contributed by atoms with van der Waals surface area (Å²) in [5.74, 6) is -0.0404. The van der Waals surface area contributed by atoms with Gasteiger partial charge >= 0.3 is 5.97 Å². The molecule has 0 bridgehead atoms. The molecule has 0 radical (unpaired) electrons. The van der Waals surface area contributed by atoms with E-state index in [0.29, 0.717) is 12.2 Å². The van der Waals surface area contributed by atoms with Gasteiger partial charge in [0.15, 0.2) is 23.9 Å². The third-order valence-electron chi connectivity index (χ3n) is 7.25. The average molecular weight is 463 g/mol. The number of rotatable bonds is 4. The van der Waals surface area contributed by atoms with Gasteiger partial charge in [-0.05, 0) is 31.6 Å². The maximum absolute atomic E-state index is 11.4. The van der Waals surface area contributed by atoms with Crippen LogP contribution in [0.15, 0.2) is 24.3 Å². The molecule has 1 aromatic rings. The summed E-state index contributed by atoms with van der Waals surface area (Å²) in [4.78, 5) is 13.7. The van der Waals surface area contributed by atoms with Crippen LogP contribution in [-0.2, 0) is 26.2 Å². The van der Waals surface area contributed by atoms with Crippen LogP contribution in [0.5, 0.6) is 11.5 Å². The summed E-state index contributed by atoms with van der Waals surface area (Å²) in [6, 6.07) is 4.00. The molecule has 1 aliphatic carbocycles. The van der Waals surface area contributed by atoms with Crippen molar-refractivity contribution in [1.82, 2.24) is 4.90 Å². The number of aliphatic carboxylic acids is 1. The van der Waals surface area contributed by atoms with Crippen LogP contribution >= 0.6 is 0 Å². The van der Waals surface area contributed by atoms with E-state index in [1.807, 2.05) is 12.1 Å². The highest BCUT2D eigenvalue weighted by Crippen LogP contribution is 2.56. The van der Waals surface area contributed by atoms with E-state index in [4.69, 9.17) is 18.9 Å². The van der Waals surface area contributed by atoms with E-state index < -0.39 is 42.8 Å². The summed E-state index contributed by atoms with van der Waals surface area (Å²) in [6.07, 6.45) is -3.76. The van der Waals surface area contributed by atoms with Crippen LogP contribution in [0.3, 0.4) is 0 Å². The van der Waals surface area contributed by atoms with Gasteiger partial charge in [-0.15, -0.1) is 0 Å². The van der Waals surface area contributed by atoms with Gasteiger partial charge in [0.2, 0.25) is 0 Å². The fraction of sp³-hybridized carbons (Fsp3) is 0.609. The smallest absolute Gasteiger partial charge is 0.335 e. The molecule has 3 aliphatic heterocycles. The van der Waals surface area contributed by atoms with Crippen LogP contribution in [0.1, 0.15) is 24.0 Å². The molecule has 10 nitrogen and oxygen atoms in total. The number of carboxylic acids is 1. The Morgan fingerprint density at radius 1 is 1.21 bits per heavy atom. The minimum absolute atomic E-state index is 0.254. The zero-order valence-electron chi connectivity index (χ0n) is 18.5. The first kappa shape index (κ1) is 22.6. The van der Waals surface area contributed by atoms with Gasteiger partial charge in [-0.25, -0.2) is 4.79 Å². The van der Waals surface area contributed by atoms with Gasteiger partial charge in [-0.3, -0.25) is 0 Å². The summed E-state index contributed by atoms with van der Waals surface area (Å²) in [7, 11) is 3.70. The van der Waals surface area contributed by atoms with Gasteiger partial charge in [0, 0.05) is 18.5 Å². The van der Waals surface area contributed by atoms with Crippen LogP contribution in [0.2, 0.25) is 0 Å². The lowest BCUT2D eigenvalue weighted by Crippen LogP contribution is -2.61. The van der Waals surface area contributed by atoms with Gasteiger partial charge in [-0.1, -0.05) is 18.2 Å². The van der Waals surface area contributed by atoms with Crippen molar-refractivity contribution in [3.05, 3.63) is 35.4 Å². The van der Waals surface area contributed by atoms with E-state index in [1.54, 1.807) is 7.11 Å². The Bertz CT molecular complexity index is 967. The summed E-state index contributed by atoms with van der Waals surface area (Å²) in [5.41, 5.74) is 1.96. The molecule has 4 N–H and O–H groups in total. The number of carboxylic acid groups (broad SMARTS) is 1. The first-order valence-corrected chi connectivity index (χ1v) is 11.1. The molecule has 0 saturated carbocycles. The summed E-state index contributed by atoms with van der Waals surface area (Å²) < 4.78 is 23.2. The van der Waals surface area contributed by atoms with Crippen LogP contribution in [-0.4, -0.2) is 94.9 Å². The zero-order valence-corrected chi connectivity index (χ0v) is 18.5. The first-order valence-electron chi connectivity index (χ1n) is 11.1. The zero-order chi connectivity index (χ0) is 23.5. The van der Waals surface area contributed by atoms with Crippen molar-refractivity contribution in [2.24, 2.45) is 0 Å². The van der Waals surface area contributed by atoms with E-state index >= 15 is 0 Å². The normalized spacial score (nSPS) is 39.8. The van der Waals surface area contributed by atoms with Gasteiger partial charge in [0.1, 0.15) is 24.4 Å². The summed E-state index contributed by atoms with van der Waals surface area (Å²) in [5, 5.41) is 39.6. The Morgan fingerprint density at radius 2 is 2.00 bits per heavy atom.